The summed E-state index contributed by atoms with van der Waals surface area (Å²) in [6.45, 7) is 4.13. The van der Waals surface area contributed by atoms with E-state index in [1.165, 1.54) is 18.4 Å². The van der Waals surface area contributed by atoms with Crippen molar-refractivity contribution in [1.82, 2.24) is 4.98 Å². The second-order valence-corrected chi connectivity index (χ2v) is 5.40. The van der Waals surface area contributed by atoms with Gasteiger partial charge in [0.05, 0.1) is 6.10 Å². The molecule has 3 heteroatoms. The van der Waals surface area contributed by atoms with Crippen LogP contribution in [-0.4, -0.2) is 29.3 Å². The minimum Gasteiger partial charge on any atom is -0.392 e. The molecule has 1 aromatic heterocycles. The van der Waals surface area contributed by atoms with E-state index in [1.54, 1.807) is 0 Å². The number of rotatable bonds is 3. The smallest absolute Gasteiger partial charge is 0.132 e. The van der Waals surface area contributed by atoms with Crippen LogP contribution in [0.1, 0.15) is 38.2 Å². The molecule has 1 saturated carbocycles. The molecule has 2 fully saturated rings. The highest BCUT2D eigenvalue weighted by Crippen LogP contribution is 2.53. The molecule has 0 spiro atoms. The molecule has 3 rings (SSSR count). The Morgan fingerprint density at radius 1 is 1.35 bits per heavy atom. The predicted octanol–water partition coefficient (Wildman–Crippen LogP) is 2.09. The van der Waals surface area contributed by atoms with Crippen LogP contribution in [0, 0.1) is 0 Å². The van der Waals surface area contributed by atoms with E-state index in [2.05, 4.69) is 16.0 Å². The molecule has 1 atom stereocenters. The minimum atomic E-state index is -0.270. The lowest BCUT2D eigenvalue weighted by molar-refractivity contribution is 0.150. The number of aromatic nitrogens is 1. The highest BCUT2D eigenvalue weighted by molar-refractivity contribution is 5.54. The van der Waals surface area contributed by atoms with Crippen molar-refractivity contribution in [1.29, 1.82) is 0 Å². The third-order valence-corrected chi connectivity index (χ3v) is 4.32. The number of nitrogens with zero attached hydrogens (tertiary/aromatic N) is 2. The van der Waals surface area contributed by atoms with E-state index in [4.69, 9.17) is 0 Å². The molecule has 1 unspecified atom stereocenters. The number of hydrogen-bond donors (Lipinski definition) is 1. The number of aliphatic hydroxyl groups excluding tert-OH is 1. The summed E-state index contributed by atoms with van der Waals surface area (Å²) < 4.78 is 0. The van der Waals surface area contributed by atoms with Gasteiger partial charge in [0.25, 0.3) is 0 Å². The van der Waals surface area contributed by atoms with Gasteiger partial charge in [-0.3, -0.25) is 0 Å². The summed E-state index contributed by atoms with van der Waals surface area (Å²) in [5, 5.41) is 10.0. The first-order valence-corrected chi connectivity index (χ1v) is 6.62. The lowest BCUT2D eigenvalue weighted by Crippen LogP contribution is -2.28. The van der Waals surface area contributed by atoms with Crippen molar-refractivity contribution in [3.8, 4) is 0 Å². The monoisotopic (exact) mass is 232 g/mol. The molecule has 0 bridgehead atoms. The Morgan fingerprint density at radius 2 is 2.06 bits per heavy atom. The van der Waals surface area contributed by atoms with E-state index in [9.17, 15) is 5.11 Å². The van der Waals surface area contributed by atoms with Crippen LogP contribution in [0.5, 0.6) is 0 Å². The third-order valence-electron chi connectivity index (χ3n) is 4.32. The first-order valence-electron chi connectivity index (χ1n) is 6.62. The zero-order valence-electron chi connectivity index (χ0n) is 10.4. The molecule has 1 aliphatic carbocycles. The minimum absolute atomic E-state index is 0.00775. The van der Waals surface area contributed by atoms with Gasteiger partial charge in [-0.25, -0.2) is 4.98 Å². The van der Waals surface area contributed by atoms with Crippen LogP contribution in [0.15, 0.2) is 18.3 Å². The molecule has 3 nitrogen and oxygen atoms in total. The molecule has 1 N–H and O–H groups in total. The number of hydrogen-bond acceptors (Lipinski definition) is 3. The highest BCUT2D eigenvalue weighted by atomic mass is 16.3. The topological polar surface area (TPSA) is 36.4 Å². The van der Waals surface area contributed by atoms with Crippen molar-refractivity contribution in [3.63, 3.8) is 0 Å². The Bertz CT molecular complexity index is 406. The summed E-state index contributed by atoms with van der Waals surface area (Å²) in [7, 11) is 0. The lowest BCUT2D eigenvalue weighted by atomic mass is 9.91. The first kappa shape index (κ1) is 11.0. The van der Waals surface area contributed by atoms with Crippen LogP contribution in [0.25, 0.3) is 0 Å². The van der Waals surface area contributed by atoms with Gasteiger partial charge in [-0.15, -0.1) is 0 Å². The SMILES string of the molecule is CC(O)C1(c2cccnc2N2CCCC2)CC1. The van der Waals surface area contributed by atoms with E-state index >= 15 is 0 Å². The van der Waals surface area contributed by atoms with E-state index in [-0.39, 0.29) is 11.5 Å². The summed E-state index contributed by atoms with van der Waals surface area (Å²) in [4.78, 5) is 6.94. The zero-order valence-corrected chi connectivity index (χ0v) is 10.4. The predicted molar refractivity (Wildman–Crippen MR) is 68.3 cm³/mol. The molecule has 0 amide bonds. The summed E-state index contributed by atoms with van der Waals surface area (Å²) in [5.41, 5.74) is 1.25. The molecule has 1 aliphatic heterocycles. The average Bonchev–Trinajstić information content (AvgIpc) is 2.98. The second kappa shape index (κ2) is 3.98. The number of anilines is 1. The molecule has 2 heterocycles. The van der Waals surface area contributed by atoms with Gasteiger partial charge in [0.2, 0.25) is 0 Å². The van der Waals surface area contributed by atoms with Gasteiger partial charge in [0.1, 0.15) is 5.82 Å². The van der Waals surface area contributed by atoms with Crippen LogP contribution in [0.4, 0.5) is 5.82 Å². The first-order chi connectivity index (χ1) is 8.24. The van der Waals surface area contributed by atoms with E-state index < -0.39 is 0 Å². The summed E-state index contributed by atoms with van der Waals surface area (Å²) >= 11 is 0. The Morgan fingerprint density at radius 3 is 2.65 bits per heavy atom. The number of aliphatic hydroxyl groups is 1. The van der Waals surface area contributed by atoms with Crippen LogP contribution in [0.2, 0.25) is 0 Å². The molecule has 2 aliphatic rings. The Labute approximate surface area is 102 Å². The highest BCUT2D eigenvalue weighted by Gasteiger charge is 2.50. The van der Waals surface area contributed by atoms with E-state index in [0.29, 0.717) is 0 Å². The second-order valence-electron chi connectivity index (χ2n) is 5.40. The quantitative estimate of drug-likeness (QED) is 0.867. The average molecular weight is 232 g/mol. The van der Waals surface area contributed by atoms with Crippen molar-refractivity contribution in [3.05, 3.63) is 23.9 Å². The third kappa shape index (κ3) is 1.73. The van der Waals surface area contributed by atoms with Gasteiger partial charge in [0, 0.05) is 30.3 Å². The molecule has 1 aromatic rings. The maximum atomic E-state index is 10.0. The fourth-order valence-corrected chi connectivity index (χ4v) is 3.01. The maximum Gasteiger partial charge on any atom is 0.132 e. The lowest BCUT2D eigenvalue weighted by Gasteiger charge is -2.26. The van der Waals surface area contributed by atoms with Crippen LogP contribution in [0.3, 0.4) is 0 Å². The molecule has 0 radical (unpaired) electrons. The largest absolute Gasteiger partial charge is 0.392 e. The summed E-state index contributed by atoms with van der Waals surface area (Å²) in [5.74, 6) is 1.11. The van der Waals surface area contributed by atoms with Gasteiger partial charge >= 0.3 is 0 Å². The molecular weight excluding hydrogens is 212 g/mol. The van der Waals surface area contributed by atoms with Gasteiger partial charge in [-0.1, -0.05) is 6.07 Å². The van der Waals surface area contributed by atoms with E-state index in [0.717, 1.165) is 31.7 Å². The molecule has 92 valence electrons. The summed E-state index contributed by atoms with van der Waals surface area (Å²) in [6, 6.07) is 4.15. The van der Waals surface area contributed by atoms with Crippen molar-refractivity contribution < 1.29 is 5.11 Å². The molecule has 0 aromatic carbocycles. The molecule has 1 saturated heterocycles. The van der Waals surface area contributed by atoms with Gasteiger partial charge in [-0.2, -0.15) is 0 Å². The number of pyridine rings is 1. The fraction of sp³-hybridized carbons (Fsp3) is 0.643. The van der Waals surface area contributed by atoms with Crippen molar-refractivity contribution >= 4 is 5.82 Å². The molecular formula is C14H20N2O. The van der Waals surface area contributed by atoms with Gasteiger partial charge in [0.15, 0.2) is 0 Å². The zero-order chi connectivity index (χ0) is 11.9. The van der Waals surface area contributed by atoms with Crippen molar-refractivity contribution in [2.45, 2.75) is 44.1 Å². The maximum absolute atomic E-state index is 10.0. The van der Waals surface area contributed by atoms with Crippen molar-refractivity contribution in [2.24, 2.45) is 0 Å². The Hall–Kier alpha value is -1.09. The molecule has 17 heavy (non-hydrogen) atoms. The van der Waals surface area contributed by atoms with Crippen LogP contribution in [-0.2, 0) is 5.41 Å². The van der Waals surface area contributed by atoms with Gasteiger partial charge < -0.3 is 10.0 Å². The fourth-order valence-electron chi connectivity index (χ4n) is 3.01. The van der Waals surface area contributed by atoms with Crippen LogP contribution < -0.4 is 4.90 Å². The van der Waals surface area contributed by atoms with Gasteiger partial charge in [-0.05, 0) is 38.7 Å². The van der Waals surface area contributed by atoms with E-state index in [1.807, 2.05) is 19.2 Å². The van der Waals surface area contributed by atoms with Crippen molar-refractivity contribution in [2.75, 3.05) is 18.0 Å². The normalized spacial score (nSPS) is 23.8. The van der Waals surface area contributed by atoms with Crippen LogP contribution >= 0.6 is 0 Å². The standard InChI is InChI=1S/C14H20N2O/c1-11(17)14(6-7-14)12-5-4-8-15-13(12)16-9-2-3-10-16/h4-5,8,11,17H,2-3,6-7,9-10H2,1H3. The summed E-state index contributed by atoms with van der Waals surface area (Å²) in [6.07, 6.45) is 6.31. The Balaban J connectivity index is 1.99. The Kier molecular flexibility index (Phi) is 2.58.